The number of carbonyl (C=O) groups excluding carboxylic acids is 1. The monoisotopic (exact) mass is 413 g/mol. The van der Waals surface area contributed by atoms with Crippen LogP contribution in [0.5, 0.6) is 0 Å². The topological polar surface area (TPSA) is 131 Å². The van der Waals surface area contributed by atoms with E-state index in [-0.39, 0.29) is 12.5 Å². The summed E-state index contributed by atoms with van der Waals surface area (Å²) in [5, 5.41) is 19.3. The number of H-pyrrole nitrogens is 1. The molecule has 3 heterocycles. The third-order valence-electron chi connectivity index (χ3n) is 6.07. The lowest BCUT2D eigenvalue weighted by Gasteiger charge is -2.34. The zero-order valence-electron chi connectivity index (χ0n) is 17.4. The molecule has 5 N–H and O–H groups in total. The molecule has 2 aromatic rings. The van der Waals surface area contributed by atoms with Crippen molar-refractivity contribution < 1.29 is 14.7 Å². The number of benzene rings is 1. The van der Waals surface area contributed by atoms with Crippen LogP contribution in [0.15, 0.2) is 18.2 Å². The Labute approximate surface area is 174 Å². The van der Waals surface area contributed by atoms with E-state index in [1.165, 1.54) is 4.90 Å². The number of nitrogens with zero attached hydrogens (tertiary/aromatic N) is 4. The number of rotatable bonds is 3. The Hall–Kier alpha value is -3.27. The summed E-state index contributed by atoms with van der Waals surface area (Å²) < 4.78 is 0. The second-order valence-electron chi connectivity index (χ2n) is 8.37. The van der Waals surface area contributed by atoms with Gasteiger partial charge in [-0.1, -0.05) is 0 Å². The molecule has 30 heavy (non-hydrogen) atoms. The molecular formula is C20H27N7O3. The number of aromatic nitrogens is 2. The van der Waals surface area contributed by atoms with Crippen molar-refractivity contribution in [3.63, 3.8) is 0 Å². The van der Waals surface area contributed by atoms with E-state index in [4.69, 9.17) is 5.73 Å². The molecule has 2 aliphatic heterocycles. The van der Waals surface area contributed by atoms with Crippen molar-refractivity contribution >= 4 is 29.2 Å². The van der Waals surface area contributed by atoms with Crippen LogP contribution in [0.4, 0.5) is 22.0 Å². The number of likely N-dealkylation sites (N-methyl/N-ethyl adjacent to an activating group) is 1. The van der Waals surface area contributed by atoms with Gasteiger partial charge in [0, 0.05) is 37.3 Å². The van der Waals surface area contributed by atoms with Gasteiger partial charge in [0.1, 0.15) is 0 Å². The summed E-state index contributed by atoms with van der Waals surface area (Å²) in [5.74, 6) is 0.000972. The number of nitrogens with one attached hydrogen (secondary N) is 2. The number of carbonyl (C=O) groups is 2. The number of anilines is 3. The molecule has 2 aliphatic rings. The van der Waals surface area contributed by atoms with E-state index >= 15 is 0 Å². The van der Waals surface area contributed by atoms with E-state index in [2.05, 4.69) is 32.4 Å². The van der Waals surface area contributed by atoms with Gasteiger partial charge in [0.15, 0.2) is 5.82 Å². The molecule has 1 fully saturated rings. The molecule has 1 saturated heterocycles. The van der Waals surface area contributed by atoms with Crippen molar-refractivity contribution in [1.29, 1.82) is 0 Å². The first-order valence-electron chi connectivity index (χ1n) is 9.91. The van der Waals surface area contributed by atoms with Gasteiger partial charge >= 0.3 is 6.09 Å². The minimum Gasteiger partial charge on any atom is -0.465 e. The summed E-state index contributed by atoms with van der Waals surface area (Å²) in [6.07, 6.45) is -1.02. The number of nitrogen functional groups attached to an aromatic ring is 1. The molecule has 0 radical (unpaired) electrons. The van der Waals surface area contributed by atoms with Gasteiger partial charge in [-0.2, -0.15) is 5.10 Å². The maximum absolute atomic E-state index is 12.8. The number of piperazine rings is 1. The van der Waals surface area contributed by atoms with Gasteiger partial charge in [-0.15, -0.1) is 0 Å². The smallest absolute Gasteiger partial charge is 0.408 e. The molecule has 0 atom stereocenters. The highest BCUT2D eigenvalue weighted by atomic mass is 16.4. The first-order chi connectivity index (χ1) is 14.2. The Morgan fingerprint density at radius 2 is 1.93 bits per heavy atom. The molecule has 1 aromatic heterocycles. The lowest BCUT2D eigenvalue weighted by molar-refractivity contribution is 0.0978. The van der Waals surface area contributed by atoms with E-state index in [0.29, 0.717) is 28.3 Å². The first-order valence-corrected chi connectivity index (χ1v) is 9.91. The summed E-state index contributed by atoms with van der Waals surface area (Å²) in [6.45, 7) is 7.48. The molecular weight excluding hydrogens is 386 g/mol. The van der Waals surface area contributed by atoms with E-state index in [0.717, 1.165) is 31.9 Å². The standard InChI is InChI=1S/C20H27N7O3/c1-20(2)16-13(11-27(20)19(29)30)17(24-23-16)22-18(28)12-4-5-15(14(21)10-12)26-8-6-25(3)7-9-26/h4-5,10H,6-9,11,21H2,1-3H3,(H,29,30)(H2,22,23,24,28). The molecule has 2 amide bonds. The quantitative estimate of drug-likeness (QED) is 0.564. The van der Waals surface area contributed by atoms with Gasteiger partial charge in [-0.05, 0) is 39.1 Å². The summed E-state index contributed by atoms with van der Waals surface area (Å²) in [4.78, 5) is 30.1. The summed E-state index contributed by atoms with van der Waals surface area (Å²) >= 11 is 0. The van der Waals surface area contributed by atoms with E-state index in [1.54, 1.807) is 26.0 Å². The lowest BCUT2D eigenvalue weighted by atomic mass is 10.0. The van der Waals surface area contributed by atoms with Gasteiger partial charge in [0.05, 0.1) is 29.2 Å². The average Bonchev–Trinajstić information content (AvgIpc) is 3.21. The van der Waals surface area contributed by atoms with Crippen molar-refractivity contribution in [3.05, 3.63) is 35.0 Å². The summed E-state index contributed by atoms with van der Waals surface area (Å²) in [5.41, 5.74) is 8.77. The van der Waals surface area contributed by atoms with Crippen molar-refractivity contribution in [3.8, 4) is 0 Å². The number of aromatic amines is 1. The molecule has 0 spiro atoms. The minimum absolute atomic E-state index is 0.161. The highest BCUT2D eigenvalue weighted by Gasteiger charge is 2.44. The number of nitrogens with two attached hydrogens (primary N) is 1. The predicted octanol–water partition coefficient (Wildman–Crippen LogP) is 1.72. The maximum Gasteiger partial charge on any atom is 0.408 e. The molecule has 10 nitrogen and oxygen atoms in total. The largest absolute Gasteiger partial charge is 0.465 e. The van der Waals surface area contributed by atoms with Gasteiger partial charge in [-0.3, -0.25) is 14.8 Å². The van der Waals surface area contributed by atoms with Crippen molar-refractivity contribution in [2.24, 2.45) is 0 Å². The fourth-order valence-electron chi connectivity index (χ4n) is 4.14. The Kier molecular flexibility index (Phi) is 4.81. The maximum atomic E-state index is 12.8. The number of hydrogen-bond acceptors (Lipinski definition) is 6. The number of carboxylic acid groups (broad SMARTS) is 1. The van der Waals surface area contributed by atoms with Gasteiger partial charge < -0.3 is 26.0 Å². The van der Waals surface area contributed by atoms with Crippen LogP contribution in [-0.4, -0.2) is 70.3 Å². The molecule has 0 bridgehead atoms. The zero-order valence-corrected chi connectivity index (χ0v) is 17.4. The van der Waals surface area contributed by atoms with Crippen molar-refractivity contribution in [2.45, 2.75) is 25.9 Å². The number of fused-ring (bicyclic) bond motifs is 1. The van der Waals surface area contributed by atoms with E-state index in [1.807, 2.05) is 6.07 Å². The van der Waals surface area contributed by atoms with Crippen molar-refractivity contribution in [1.82, 2.24) is 20.0 Å². The molecule has 0 saturated carbocycles. The summed E-state index contributed by atoms with van der Waals surface area (Å²) in [6, 6.07) is 5.29. The van der Waals surface area contributed by atoms with Crippen molar-refractivity contribution in [2.75, 3.05) is 49.2 Å². The highest BCUT2D eigenvalue weighted by Crippen LogP contribution is 2.40. The molecule has 1 aromatic carbocycles. The van der Waals surface area contributed by atoms with E-state index in [9.17, 15) is 14.7 Å². The Bertz CT molecular complexity index is 992. The third kappa shape index (κ3) is 3.32. The second-order valence-corrected chi connectivity index (χ2v) is 8.37. The zero-order chi connectivity index (χ0) is 21.6. The Morgan fingerprint density at radius 1 is 1.23 bits per heavy atom. The molecule has 0 unspecified atom stereocenters. The number of hydrogen-bond donors (Lipinski definition) is 4. The fourth-order valence-corrected chi connectivity index (χ4v) is 4.14. The molecule has 4 rings (SSSR count). The molecule has 0 aliphatic carbocycles. The van der Waals surface area contributed by atoms with Crippen LogP contribution in [0.2, 0.25) is 0 Å². The Balaban J connectivity index is 1.51. The highest BCUT2D eigenvalue weighted by molar-refractivity contribution is 6.05. The fraction of sp³-hybridized carbons (Fsp3) is 0.450. The van der Waals surface area contributed by atoms with Crippen LogP contribution in [0.1, 0.15) is 35.5 Å². The normalized spacial score (nSPS) is 18.4. The van der Waals surface area contributed by atoms with Gasteiger partial charge in [0.2, 0.25) is 0 Å². The van der Waals surface area contributed by atoms with Crippen LogP contribution in [-0.2, 0) is 12.1 Å². The van der Waals surface area contributed by atoms with Gasteiger partial charge in [0.25, 0.3) is 5.91 Å². The number of amides is 2. The third-order valence-corrected chi connectivity index (χ3v) is 6.07. The Morgan fingerprint density at radius 3 is 2.57 bits per heavy atom. The first kappa shape index (κ1) is 20.0. The SMILES string of the molecule is CN1CCN(c2ccc(C(=O)Nc3n[nH]c4c3CN(C(=O)O)C4(C)C)cc2N)CC1. The lowest BCUT2D eigenvalue weighted by Crippen LogP contribution is -2.44. The van der Waals surface area contributed by atoms with Gasteiger partial charge in [-0.25, -0.2) is 4.79 Å². The summed E-state index contributed by atoms with van der Waals surface area (Å²) in [7, 11) is 2.09. The van der Waals surface area contributed by atoms with Crippen LogP contribution in [0.25, 0.3) is 0 Å². The van der Waals surface area contributed by atoms with Crippen LogP contribution in [0.3, 0.4) is 0 Å². The minimum atomic E-state index is -1.02. The molecule has 10 heteroatoms. The van der Waals surface area contributed by atoms with Crippen LogP contribution < -0.4 is 16.0 Å². The second kappa shape index (κ2) is 7.21. The average molecular weight is 413 g/mol. The van der Waals surface area contributed by atoms with Crippen LogP contribution in [0, 0.1) is 0 Å². The molecule has 160 valence electrons. The predicted molar refractivity (Wildman–Crippen MR) is 114 cm³/mol. The van der Waals surface area contributed by atoms with Crippen LogP contribution >= 0.6 is 0 Å². The van der Waals surface area contributed by atoms with E-state index < -0.39 is 11.6 Å².